The van der Waals surface area contributed by atoms with E-state index in [9.17, 15) is 4.79 Å². The zero-order valence-electron chi connectivity index (χ0n) is 16.5. The molecule has 2 aromatic carbocycles. The molecule has 1 aliphatic rings. The van der Waals surface area contributed by atoms with Crippen molar-refractivity contribution in [2.24, 2.45) is 5.73 Å². The normalized spacial score (nSPS) is 14.9. The molecule has 2 N–H and O–H groups in total. The van der Waals surface area contributed by atoms with Crippen LogP contribution < -0.4 is 5.73 Å². The zero-order chi connectivity index (χ0) is 20.1. The van der Waals surface area contributed by atoms with Crippen LogP contribution in [0.15, 0.2) is 59.1 Å². The van der Waals surface area contributed by atoms with Gasteiger partial charge in [0.15, 0.2) is 0 Å². The summed E-state index contributed by atoms with van der Waals surface area (Å²) in [6, 6.07) is 18.0. The molecule has 3 aromatic rings. The van der Waals surface area contributed by atoms with E-state index in [0.29, 0.717) is 24.7 Å². The second kappa shape index (κ2) is 9.01. The molecule has 29 heavy (non-hydrogen) atoms. The van der Waals surface area contributed by atoms with E-state index in [1.54, 1.807) is 0 Å². The van der Waals surface area contributed by atoms with Gasteiger partial charge < -0.3 is 15.2 Å². The van der Waals surface area contributed by atoms with Crippen molar-refractivity contribution >= 4 is 5.91 Å². The Morgan fingerprint density at radius 3 is 2.45 bits per heavy atom. The highest BCUT2D eigenvalue weighted by Crippen LogP contribution is 2.29. The van der Waals surface area contributed by atoms with E-state index in [1.807, 2.05) is 47.4 Å². The minimum atomic E-state index is 0.206. The molecular formula is C23H26N4O2. The summed E-state index contributed by atoms with van der Waals surface area (Å²) in [6.07, 6.45) is 3.05. The van der Waals surface area contributed by atoms with Gasteiger partial charge in [-0.1, -0.05) is 59.8 Å². The lowest BCUT2D eigenvalue weighted by Gasteiger charge is -2.30. The maximum Gasteiger partial charge on any atom is 0.230 e. The summed E-state index contributed by atoms with van der Waals surface area (Å²) in [7, 11) is 0. The zero-order valence-corrected chi connectivity index (χ0v) is 16.5. The van der Waals surface area contributed by atoms with Crippen LogP contribution in [0.4, 0.5) is 0 Å². The smallest absolute Gasteiger partial charge is 0.230 e. The second-order valence-electron chi connectivity index (χ2n) is 7.50. The number of rotatable bonds is 6. The van der Waals surface area contributed by atoms with Gasteiger partial charge in [0.2, 0.25) is 17.6 Å². The molecular weight excluding hydrogens is 364 g/mol. The van der Waals surface area contributed by atoms with Crippen molar-refractivity contribution in [3.05, 3.63) is 71.6 Å². The number of benzene rings is 2. The van der Waals surface area contributed by atoms with Gasteiger partial charge in [0.25, 0.3) is 0 Å². The minimum Gasteiger partial charge on any atom is -0.343 e. The van der Waals surface area contributed by atoms with Gasteiger partial charge in [0, 0.05) is 37.5 Å². The average Bonchev–Trinajstić information content (AvgIpc) is 3.29. The fourth-order valence-electron chi connectivity index (χ4n) is 3.74. The highest BCUT2D eigenvalue weighted by atomic mass is 16.5. The molecule has 0 bridgehead atoms. The summed E-state index contributed by atoms with van der Waals surface area (Å²) in [6.45, 7) is 1.99. The quantitative estimate of drug-likeness (QED) is 0.696. The van der Waals surface area contributed by atoms with Gasteiger partial charge in [0.1, 0.15) is 0 Å². The lowest BCUT2D eigenvalue weighted by molar-refractivity contribution is -0.132. The van der Waals surface area contributed by atoms with Crippen molar-refractivity contribution in [3.63, 3.8) is 0 Å². The lowest BCUT2D eigenvalue weighted by atomic mass is 9.96. The Balaban J connectivity index is 1.30. The summed E-state index contributed by atoms with van der Waals surface area (Å²) in [5.41, 5.74) is 8.84. The molecule has 6 heteroatoms. The number of aryl methyl sites for hydroxylation is 1. The molecule has 0 aliphatic carbocycles. The highest BCUT2D eigenvalue weighted by Gasteiger charge is 2.27. The first-order valence-corrected chi connectivity index (χ1v) is 10.2. The molecule has 1 aromatic heterocycles. The van der Waals surface area contributed by atoms with Crippen LogP contribution in [0.1, 0.15) is 42.2 Å². The van der Waals surface area contributed by atoms with E-state index in [0.717, 1.165) is 43.5 Å². The van der Waals surface area contributed by atoms with Crippen LogP contribution in [0.3, 0.4) is 0 Å². The summed E-state index contributed by atoms with van der Waals surface area (Å²) >= 11 is 0. The van der Waals surface area contributed by atoms with E-state index >= 15 is 0 Å². The first-order valence-electron chi connectivity index (χ1n) is 10.2. The number of carbonyl (C=O) groups excluding carboxylic acids is 1. The van der Waals surface area contributed by atoms with Crippen molar-refractivity contribution < 1.29 is 9.32 Å². The van der Waals surface area contributed by atoms with Gasteiger partial charge >= 0.3 is 0 Å². The van der Waals surface area contributed by atoms with Gasteiger partial charge in [-0.2, -0.15) is 4.98 Å². The Morgan fingerprint density at radius 1 is 1.03 bits per heavy atom. The maximum absolute atomic E-state index is 12.5. The molecule has 0 saturated carbocycles. The SMILES string of the molecule is NCc1ccc(-c2noc(C3CCN(C(=O)CCc4ccccc4)CC3)n2)cc1. The summed E-state index contributed by atoms with van der Waals surface area (Å²) in [5, 5.41) is 4.14. The second-order valence-corrected chi connectivity index (χ2v) is 7.50. The lowest BCUT2D eigenvalue weighted by Crippen LogP contribution is -2.38. The molecule has 0 radical (unpaired) electrons. The van der Waals surface area contributed by atoms with Crippen LogP contribution in [0.25, 0.3) is 11.4 Å². The van der Waals surface area contributed by atoms with Gasteiger partial charge in [-0.25, -0.2) is 0 Å². The molecule has 2 heterocycles. The highest BCUT2D eigenvalue weighted by molar-refractivity contribution is 5.76. The third kappa shape index (κ3) is 4.71. The van der Waals surface area contributed by atoms with Crippen molar-refractivity contribution in [2.45, 2.75) is 38.1 Å². The fourth-order valence-corrected chi connectivity index (χ4v) is 3.74. The first kappa shape index (κ1) is 19.3. The Hall–Kier alpha value is -2.99. The van der Waals surface area contributed by atoms with E-state index in [1.165, 1.54) is 5.56 Å². The predicted molar refractivity (Wildman–Crippen MR) is 111 cm³/mol. The number of aromatic nitrogens is 2. The van der Waals surface area contributed by atoms with E-state index in [2.05, 4.69) is 22.3 Å². The Labute approximate surface area is 170 Å². The predicted octanol–water partition coefficient (Wildman–Crippen LogP) is 3.53. The summed E-state index contributed by atoms with van der Waals surface area (Å²) in [4.78, 5) is 19.1. The van der Waals surface area contributed by atoms with Crippen molar-refractivity contribution in [3.8, 4) is 11.4 Å². The fraction of sp³-hybridized carbons (Fsp3) is 0.348. The van der Waals surface area contributed by atoms with Gasteiger partial charge in [-0.05, 0) is 30.4 Å². The summed E-state index contributed by atoms with van der Waals surface area (Å²) in [5.74, 6) is 1.69. The molecule has 0 atom stereocenters. The molecule has 1 saturated heterocycles. The number of carbonyl (C=O) groups is 1. The Morgan fingerprint density at radius 2 is 1.76 bits per heavy atom. The number of nitrogens with two attached hydrogens (primary N) is 1. The van der Waals surface area contributed by atoms with Crippen LogP contribution in [-0.4, -0.2) is 34.0 Å². The number of nitrogens with zero attached hydrogens (tertiary/aromatic N) is 3. The van der Waals surface area contributed by atoms with Crippen molar-refractivity contribution in [1.29, 1.82) is 0 Å². The average molecular weight is 390 g/mol. The van der Waals surface area contributed by atoms with Gasteiger partial charge in [0.05, 0.1) is 0 Å². The van der Waals surface area contributed by atoms with Crippen LogP contribution >= 0.6 is 0 Å². The monoisotopic (exact) mass is 390 g/mol. The van der Waals surface area contributed by atoms with Crippen LogP contribution in [0.2, 0.25) is 0 Å². The van der Waals surface area contributed by atoms with Crippen molar-refractivity contribution in [1.82, 2.24) is 15.0 Å². The molecule has 1 fully saturated rings. The molecule has 1 aliphatic heterocycles. The number of piperidine rings is 1. The molecule has 6 nitrogen and oxygen atoms in total. The van der Waals surface area contributed by atoms with Crippen molar-refractivity contribution in [2.75, 3.05) is 13.1 Å². The van der Waals surface area contributed by atoms with E-state index < -0.39 is 0 Å². The van der Waals surface area contributed by atoms with E-state index in [-0.39, 0.29) is 11.8 Å². The Kier molecular flexibility index (Phi) is 6.00. The van der Waals surface area contributed by atoms with Crippen LogP contribution in [0, 0.1) is 0 Å². The number of likely N-dealkylation sites (tertiary alicyclic amines) is 1. The molecule has 0 unspecified atom stereocenters. The number of hydrogen-bond acceptors (Lipinski definition) is 5. The minimum absolute atomic E-state index is 0.206. The molecule has 1 amide bonds. The van der Waals surface area contributed by atoms with Gasteiger partial charge in [-0.3, -0.25) is 4.79 Å². The van der Waals surface area contributed by atoms with Crippen LogP contribution in [0.5, 0.6) is 0 Å². The summed E-state index contributed by atoms with van der Waals surface area (Å²) < 4.78 is 5.53. The third-order valence-corrected chi connectivity index (χ3v) is 5.56. The molecule has 0 spiro atoms. The standard InChI is InChI=1S/C23H26N4O2/c24-16-18-6-9-19(10-7-18)22-25-23(29-26-22)20-12-14-27(15-13-20)21(28)11-8-17-4-2-1-3-5-17/h1-7,9-10,20H,8,11-16,24H2. The first-order chi connectivity index (χ1) is 14.2. The number of hydrogen-bond donors (Lipinski definition) is 1. The maximum atomic E-state index is 12.5. The number of amides is 1. The largest absolute Gasteiger partial charge is 0.343 e. The third-order valence-electron chi connectivity index (χ3n) is 5.56. The van der Waals surface area contributed by atoms with Crippen LogP contribution in [-0.2, 0) is 17.8 Å². The Bertz CT molecular complexity index is 929. The van der Waals surface area contributed by atoms with Gasteiger partial charge in [-0.15, -0.1) is 0 Å². The topological polar surface area (TPSA) is 85.2 Å². The molecule has 150 valence electrons. The van der Waals surface area contributed by atoms with E-state index in [4.69, 9.17) is 10.3 Å². The molecule has 4 rings (SSSR count).